The van der Waals surface area contributed by atoms with E-state index in [4.69, 9.17) is 4.74 Å². The fourth-order valence-electron chi connectivity index (χ4n) is 2.84. The zero-order chi connectivity index (χ0) is 21.5. The number of rotatable bonds is 8. The maximum Gasteiger partial charge on any atom is 0.242 e. The number of nitrogens with one attached hydrogen (secondary N) is 2. The van der Waals surface area contributed by atoms with Gasteiger partial charge in [-0.3, -0.25) is 4.79 Å². The van der Waals surface area contributed by atoms with Gasteiger partial charge in [0, 0.05) is 11.4 Å². The van der Waals surface area contributed by atoms with Gasteiger partial charge in [-0.15, -0.1) is 10.2 Å². The molecule has 2 N–H and O–H groups in total. The molecule has 0 aliphatic heterocycles. The first-order valence-corrected chi connectivity index (χ1v) is 11.2. The van der Waals surface area contributed by atoms with Gasteiger partial charge in [-0.2, -0.15) is 0 Å². The van der Waals surface area contributed by atoms with E-state index in [-0.39, 0.29) is 5.91 Å². The number of benzene rings is 3. The average Bonchev–Trinajstić information content (AvgIpc) is 3.26. The van der Waals surface area contributed by atoms with E-state index in [1.165, 1.54) is 23.1 Å². The van der Waals surface area contributed by atoms with Crippen LogP contribution in [0.1, 0.15) is 10.8 Å². The van der Waals surface area contributed by atoms with Crippen molar-refractivity contribution in [2.75, 3.05) is 17.7 Å². The molecule has 1 aromatic heterocycles. The number of hydrogen-bond donors (Lipinski definition) is 2. The summed E-state index contributed by atoms with van der Waals surface area (Å²) in [5.74, 6) is 0.677. The molecule has 4 rings (SSSR count). The van der Waals surface area contributed by atoms with Crippen molar-refractivity contribution in [2.45, 2.75) is 9.59 Å². The normalized spacial score (nSPS) is 11.5. The Balaban J connectivity index is 1.49. The number of thioether (sulfide) groups is 1. The quantitative estimate of drug-likeness (QED) is 0.334. The van der Waals surface area contributed by atoms with Crippen LogP contribution in [0.25, 0.3) is 0 Å². The van der Waals surface area contributed by atoms with Gasteiger partial charge in [-0.25, -0.2) is 0 Å². The molecule has 0 bridgehead atoms. The second-order valence-electron chi connectivity index (χ2n) is 6.49. The molecule has 31 heavy (non-hydrogen) atoms. The second kappa shape index (κ2) is 10.1. The van der Waals surface area contributed by atoms with E-state index in [1.807, 2.05) is 84.9 Å². The van der Waals surface area contributed by atoms with Gasteiger partial charge in [-0.05, 0) is 42.0 Å². The number of ether oxygens (including phenoxy) is 1. The van der Waals surface area contributed by atoms with Crippen molar-refractivity contribution in [3.63, 3.8) is 0 Å². The summed E-state index contributed by atoms with van der Waals surface area (Å²) in [5.41, 5.74) is 2.55. The number of para-hydroxylation sites is 1. The summed E-state index contributed by atoms with van der Waals surface area (Å²) in [4.78, 5) is 13.1. The van der Waals surface area contributed by atoms with Crippen LogP contribution in [0.2, 0.25) is 0 Å². The number of methoxy groups -OCH3 is 1. The number of aromatic nitrogens is 2. The Kier molecular flexibility index (Phi) is 6.81. The van der Waals surface area contributed by atoms with Crippen molar-refractivity contribution < 1.29 is 9.53 Å². The van der Waals surface area contributed by atoms with Gasteiger partial charge in [-0.1, -0.05) is 71.6 Å². The lowest BCUT2D eigenvalue weighted by Gasteiger charge is -2.15. The molecule has 1 atom stereocenters. The van der Waals surface area contributed by atoms with Crippen LogP contribution < -0.4 is 15.4 Å². The summed E-state index contributed by atoms with van der Waals surface area (Å²) in [6, 6.07) is 26.7. The number of carbonyl (C=O) groups excluding carboxylic acids is 1. The van der Waals surface area contributed by atoms with Gasteiger partial charge in [0.2, 0.25) is 11.0 Å². The molecule has 0 aliphatic rings. The van der Waals surface area contributed by atoms with Crippen molar-refractivity contribution in [1.29, 1.82) is 0 Å². The van der Waals surface area contributed by atoms with E-state index in [0.29, 0.717) is 9.47 Å². The molecule has 1 unspecified atom stereocenters. The fraction of sp³-hybridized carbons (Fsp3) is 0.0870. The van der Waals surface area contributed by atoms with Gasteiger partial charge in [0.15, 0.2) is 4.34 Å². The van der Waals surface area contributed by atoms with Crippen molar-refractivity contribution in [1.82, 2.24) is 10.2 Å². The minimum atomic E-state index is -0.455. The second-order valence-corrected chi connectivity index (χ2v) is 8.82. The molecule has 4 aromatic rings. The first-order chi connectivity index (χ1) is 15.2. The Labute approximate surface area is 188 Å². The van der Waals surface area contributed by atoms with E-state index < -0.39 is 5.25 Å². The van der Waals surface area contributed by atoms with Crippen LogP contribution in [-0.2, 0) is 4.79 Å². The number of anilines is 3. The minimum absolute atomic E-state index is 0.109. The topological polar surface area (TPSA) is 76.1 Å². The number of amides is 1. The lowest BCUT2D eigenvalue weighted by molar-refractivity contribution is -0.115. The third-order valence-corrected chi connectivity index (χ3v) is 6.53. The summed E-state index contributed by atoms with van der Waals surface area (Å²) >= 11 is 2.78. The van der Waals surface area contributed by atoms with Gasteiger partial charge in [0.25, 0.3) is 0 Å². The molecule has 0 saturated carbocycles. The minimum Gasteiger partial charge on any atom is -0.497 e. The number of hydrogen-bond acceptors (Lipinski definition) is 7. The summed E-state index contributed by atoms with van der Waals surface area (Å²) in [5, 5.41) is 14.9. The van der Waals surface area contributed by atoms with Crippen molar-refractivity contribution in [2.24, 2.45) is 0 Å². The predicted octanol–water partition coefficient (Wildman–Crippen LogP) is 5.76. The standard InChI is InChI=1S/C23H20N4O2S2/c1-29-19-14-12-18(13-15-19)25-22-26-27-23(31-22)30-20(16-8-4-2-5-9-16)21(28)24-17-10-6-3-7-11-17/h2-15,20H,1H3,(H,24,28)(H,25,26). The summed E-state index contributed by atoms with van der Waals surface area (Å²) in [7, 11) is 1.63. The molecular formula is C23H20N4O2S2. The van der Waals surface area contributed by atoms with E-state index >= 15 is 0 Å². The zero-order valence-corrected chi connectivity index (χ0v) is 18.3. The molecule has 0 spiro atoms. The molecule has 1 heterocycles. The van der Waals surface area contributed by atoms with Crippen molar-refractivity contribution >= 4 is 45.5 Å². The van der Waals surface area contributed by atoms with Crippen LogP contribution in [0.3, 0.4) is 0 Å². The van der Waals surface area contributed by atoms with Crippen LogP contribution in [0.4, 0.5) is 16.5 Å². The predicted molar refractivity (Wildman–Crippen MR) is 126 cm³/mol. The van der Waals surface area contributed by atoms with Crippen LogP contribution >= 0.6 is 23.1 Å². The highest BCUT2D eigenvalue weighted by Gasteiger charge is 2.24. The van der Waals surface area contributed by atoms with Gasteiger partial charge >= 0.3 is 0 Å². The van der Waals surface area contributed by atoms with Crippen LogP contribution in [0, 0.1) is 0 Å². The SMILES string of the molecule is COc1ccc(Nc2nnc(SC(C(=O)Nc3ccccc3)c3ccccc3)s2)cc1. The molecule has 0 aliphatic carbocycles. The van der Waals surface area contributed by atoms with Gasteiger partial charge in [0.1, 0.15) is 11.0 Å². The summed E-state index contributed by atoms with van der Waals surface area (Å²) in [6.45, 7) is 0. The molecule has 0 saturated heterocycles. The van der Waals surface area contributed by atoms with Crippen LogP contribution in [-0.4, -0.2) is 23.2 Å². The van der Waals surface area contributed by atoms with E-state index in [1.54, 1.807) is 7.11 Å². The Bertz CT molecular complexity index is 1120. The first-order valence-electron chi connectivity index (χ1n) is 9.53. The molecule has 0 radical (unpaired) electrons. The smallest absolute Gasteiger partial charge is 0.242 e. The lowest BCUT2D eigenvalue weighted by Crippen LogP contribution is -2.18. The molecule has 0 fully saturated rings. The maximum atomic E-state index is 13.1. The maximum absolute atomic E-state index is 13.1. The largest absolute Gasteiger partial charge is 0.497 e. The van der Waals surface area contributed by atoms with Gasteiger partial charge in [0.05, 0.1) is 7.11 Å². The summed E-state index contributed by atoms with van der Waals surface area (Å²) in [6.07, 6.45) is 0. The third-order valence-electron chi connectivity index (χ3n) is 4.35. The van der Waals surface area contributed by atoms with Gasteiger partial charge < -0.3 is 15.4 Å². The number of carbonyl (C=O) groups is 1. The highest BCUT2D eigenvalue weighted by atomic mass is 32.2. The number of nitrogens with zero attached hydrogens (tertiary/aromatic N) is 2. The fourth-order valence-corrected chi connectivity index (χ4v) is 4.80. The van der Waals surface area contributed by atoms with E-state index in [0.717, 1.165) is 22.7 Å². The Morgan fingerprint density at radius 2 is 1.58 bits per heavy atom. The van der Waals surface area contributed by atoms with E-state index in [2.05, 4.69) is 20.8 Å². The highest BCUT2D eigenvalue weighted by Crippen LogP contribution is 2.39. The molecule has 8 heteroatoms. The molecule has 3 aromatic carbocycles. The molecule has 6 nitrogen and oxygen atoms in total. The van der Waals surface area contributed by atoms with E-state index in [9.17, 15) is 4.79 Å². The zero-order valence-electron chi connectivity index (χ0n) is 16.7. The third kappa shape index (κ3) is 5.62. The van der Waals surface area contributed by atoms with Crippen molar-refractivity contribution in [3.8, 4) is 5.75 Å². The average molecular weight is 449 g/mol. The highest BCUT2D eigenvalue weighted by molar-refractivity contribution is 8.02. The first kappa shape index (κ1) is 20.9. The monoisotopic (exact) mass is 448 g/mol. The van der Waals surface area contributed by atoms with Crippen LogP contribution in [0.5, 0.6) is 5.75 Å². The molecule has 1 amide bonds. The van der Waals surface area contributed by atoms with Crippen LogP contribution in [0.15, 0.2) is 89.3 Å². The lowest BCUT2D eigenvalue weighted by atomic mass is 10.1. The molecular weight excluding hydrogens is 428 g/mol. The van der Waals surface area contributed by atoms with Crippen molar-refractivity contribution in [3.05, 3.63) is 90.5 Å². The molecule has 156 valence electrons. The Morgan fingerprint density at radius 1 is 0.903 bits per heavy atom. The Hall–Kier alpha value is -3.36. The Morgan fingerprint density at radius 3 is 2.26 bits per heavy atom. The summed E-state index contributed by atoms with van der Waals surface area (Å²) < 4.78 is 5.88.